The number of rotatable bonds is 6. The maximum absolute atomic E-state index is 9.56. The van der Waals surface area contributed by atoms with Gasteiger partial charge in [0.15, 0.2) is 0 Å². The molecule has 3 rings (SSSR count). The van der Waals surface area contributed by atoms with E-state index < -0.39 is 5.60 Å². The molecule has 130 valence electrons. The molecule has 0 unspecified atom stereocenters. The molecular weight excluding hydrogens is 310 g/mol. The Balaban J connectivity index is 1.75. The van der Waals surface area contributed by atoms with Gasteiger partial charge in [0.25, 0.3) is 0 Å². The summed E-state index contributed by atoms with van der Waals surface area (Å²) in [6.07, 6.45) is 1.48. The molecule has 0 atom stereocenters. The molecular formula is C16H23N5O3. The van der Waals surface area contributed by atoms with Crippen molar-refractivity contribution in [1.82, 2.24) is 20.2 Å². The SMILES string of the molecule is COc1ccccc1Cn1nnnc1N1CCC(CO)(OC)CC1. The molecule has 8 nitrogen and oxygen atoms in total. The monoisotopic (exact) mass is 333 g/mol. The number of ether oxygens (including phenoxy) is 2. The highest BCUT2D eigenvalue weighted by Crippen LogP contribution is 2.28. The maximum Gasteiger partial charge on any atom is 0.245 e. The van der Waals surface area contributed by atoms with E-state index in [2.05, 4.69) is 20.4 Å². The van der Waals surface area contributed by atoms with E-state index in [1.807, 2.05) is 24.3 Å². The normalized spacial score (nSPS) is 17.0. The molecule has 0 spiro atoms. The van der Waals surface area contributed by atoms with Gasteiger partial charge in [0.1, 0.15) is 5.75 Å². The Morgan fingerprint density at radius 2 is 1.96 bits per heavy atom. The van der Waals surface area contributed by atoms with E-state index in [1.54, 1.807) is 18.9 Å². The van der Waals surface area contributed by atoms with Gasteiger partial charge in [-0.15, -0.1) is 0 Å². The molecule has 0 radical (unpaired) electrons. The second-order valence-corrected chi connectivity index (χ2v) is 5.98. The topological polar surface area (TPSA) is 85.5 Å². The molecule has 1 aromatic heterocycles. The number of tetrazole rings is 1. The number of piperidine rings is 1. The van der Waals surface area contributed by atoms with Crippen molar-refractivity contribution in [1.29, 1.82) is 0 Å². The third-order valence-corrected chi connectivity index (χ3v) is 4.70. The fraction of sp³-hybridized carbons (Fsp3) is 0.562. The molecule has 1 fully saturated rings. The van der Waals surface area contributed by atoms with E-state index in [4.69, 9.17) is 9.47 Å². The lowest BCUT2D eigenvalue weighted by molar-refractivity contribution is -0.0674. The van der Waals surface area contributed by atoms with Crippen LogP contribution in [0.15, 0.2) is 24.3 Å². The first-order valence-corrected chi connectivity index (χ1v) is 8.00. The van der Waals surface area contributed by atoms with Gasteiger partial charge in [-0.1, -0.05) is 23.3 Å². The fourth-order valence-corrected chi connectivity index (χ4v) is 3.06. The van der Waals surface area contributed by atoms with E-state index in [0.717, 1.165) is 43.2 Å². The quantitative estimate of drug-likeness (QED) is 0.833. The van der Waals surface area contributed by atoms with Gasteiger partial charge in [0.2, 0.25) is 5.95 Å². The van der Waals surface area contributed by atoms with Gasteiger partial charge in [-0.25, -0.2) is 4.68 Å². The summed E-state index contributed by atoms with van der Waals surface area (Å²) in [6.45, 7) is 2.04. The zero-order chi connectivity index (χ0) is 17.0. The summed E-state index contributed by atoms with van der Waals surface area (Å²) >= 11 is 0. The van der Waals surface area contributed by atoms with Crippen LogP contribution >= 0.6 is 0 Å². The minimum absolute atomic E-state index is 0.0312. The average molecular weight is 333 g/mol. The summed E-state index contributed by atoms with van der Waals surface area (Å²) in [5.41, 5.74) is 0.574. The molecule has 0 bridgehead atoms. The Bertz CT molecular complexity index is 661. The molecule has 8 heteroatoms. The first kappa shape index (κ1) is 16.7. The van der Waals surface area contributed by atoms with E-state index in [-0.39, 0.29) is 6.61 Å². The van der Waals surface area contributed by atoms with Gasteiger partial charge >= 0.3 is 0 Å². The number of aliphatic hydroxyl groups excluding tert-OH is 1. The van der Waals surface area contributed by atoms with E-state index >= 15 is 0 Å². The molecule has 2 aromatic rings. The van der Waals surface area contributed by atoms with Crippen LogP contribution in [0.25, 0.3) is 0 Å². The molecule has 1 N–H and O–H groups in total. The predicted molar refractivity (Wildman–Crippen MR) is 88.2 cm³/mol. The number of aromatic nitrogens is 4. The lowest BCUT2D eigenvalue weighted by Gasteiger charge is -2.39. The van der Waals surface area contributed by atoms with Gasteiger partial charge in [-0.3, -0.25) is 0 Å². The Morgan fingerprint density at radius 3 is 2.62 bits per heavy atom. The first-order valence-electron chi connectivity index (χ1n) is 8.00. The van der Waals surface area contributed by atoms with Crippen LogP contribution in [-0.4, -0.2) is 64.8 Å². The lowest BCUT2D eigenvalue weighted by atomic mass is 9.92. The number of hydrogen-bond acceptors (Lipinski definition) is 7. The summed E-state index contributed by atoms with van der Waals surface area (Å²) in [5.74, 6) is 1.54. The van der Waals surface area contributed by atoms with E-state index in [0.29, 0.717) is 6.54 Å². The Kier molecular flexibility index (Phi) is 4.96. The number of benzene rings is 1. The number of nitrogens with zero attached hydrogens (tertiary/aromatic N) is 5. The van der Waals surface area contributed by atoms with E-state index in [1.165, 1.54) is 0 Å². The van der Waals surface area contributed by atoms with Gasteiger partial charge in [0.05, 0.1) is 25.9 Å². The number of methoxy groups -OCH3 is 2. The van der Waals surface area contributed by atoms with Crippen LogP contribution in [-0.2, 0) is 11.3 Å². The van der Waals surface area contributed by atoms with Crippen molar-refractivity contribution in [2.45, 2.75) is 25.0 Å². The fourth-order valence-electron chi connectivity index (χ4n) is 3.06. The number of para-hydroxylation sites is 1. The van der Waals surface area contributed by atoms with Crippen LogP contribution in [0.4, 0.5) is 5.95 Å². The third kappa shape index (κ3) is 3.20. The van der Waals surface area contributed by atoms with Crippen LogP contribution in [0.2, 0.25) is 0 Å². The van der Waals surface area contributed by atoms with Crippen molar-refractivity contribution >= 4 is 5.95 Å². The summed E-state index contributed by atoms with van der Waals surface area (Å²) in [7, 11) is 3.31. The van der Waals surface area contributed by atoms with Crippen molar-refractivity contribution < 1.29 is 14.6 Å². The molecule has 1 saturated heterocycles. The smallest absolute Gasteiger partial charge is 0.245 e. The van der Waals surface area contributed by atoms with E-state index in [9.17, 15) is 5.11 Å². The molecule has 1 aromatic carbocycles. The van der Waals surface area contributed by atoms with Crippen molar-refractivity contribution in [2.75, 3.05) is 38.8 Å². The highest BCUT2D eigenvalue weighted by Gasteiger charge is 2.35. The Labute approximate surface area is 141 Å². The molecule has 24 heavy (non-hydrogen) atoms. The summed E-state index contributed by atoms with van der Waals surface area (Å²) in [6, 6.07) is 7.83. The summed E-state index contributed by atoms with van der Waals surface area (Å²) in [5, 5.41) is 21.7. The Morgan fingerprint density at radius 1 is 1.21 bits per heavy atom. The van der Waals surface area contributed by atoms with Crippen molar-refractivity contribution in [3.8, 4) is 5.75 Å². The predicted octanol–water partition coefficient (Wildman–Crippen LogP) is 0.708. The largest absolute Gasteiger partial charge is 0.496 e. The average Bonchev–Trinajstić information content (AvgIpc) is 3.10. The first-order chi connectivity index (χ1) is 11.7. The molecule has 1 aliphatic rings. The zero-order valence-electron chi connectivity index (χ0n) is 14.1. The van der Waals surface area contributed by atoms with Crippen molar-refractivity contribution in [2.24, 2.45) is 0 Å². The molecule has 0 saturated carbocycles. The summed E-state index contributed by atoms with van der Waals surface area (Å²) in [4.78, 5) is 2.13. The van der Waals surface area contributed by atoms with Crippen LogP contribution in [0.1, 0.15) is 18.4 Å². The van der Waals surface area contributed by atoms with Crippen LogP contribution in [0.5, 0.6) is 5.75 Å². The highest BCUT2D eigenvalue weighted by molar-refractivity contribution is 5.36. The standard InChI is InChI=1S/C16H23N5O3/c1-23-14-6-4-3-5-13(14)11-21-15(17-18-19-21)20-9-7-16(12-22,24-2)8-10-20/h3-6,22H,7-12H2,1-2H3. The van der Waals surface area contributed by atoms with Crippen molar-refractivity contribution in [3.63, 3.8) is 0 Å². The maximum atomic E-state index is 9.56. The van der Waals surface area contributed by atoms with Gasteiger partial charge < -0.3 is 19.5 Å². The van der Waals surface area contributed by atoms with Crippen LogP contribution < -0.4 is 9.64 Å². The van der Waals surface area contributed by atoms with Gasteiger partial charge in [-0.05, 0) is 29.3 Å². The minimum Gasteiger partial charge on any atom is -0.496 e. The van der Waals surface area contributed by atoms with Gasteiger partial charge in [0, 0.05) is 25.8 Å². The number of anilines is 1. The molecule has 2 heterocycles. The number of aliphatic hydroxyl groups is 1. The molecule has 0 amide bonds. The van der Waals surface area contributed by atoms with Crippen LogP contribution in [0.3, 0.4) is 0 Å². The zero-order valence-corrected chi connectivity index (χ0v) is 14.1. The van der Waals surface area contributed by atoms with Crippen molar-refractivity contribution in [3.05, 3.63) is 29.8 Å². The van der Waals surface area contributed by atoms with Gasteiger partial charge in [-0.2, -0.15) is 0 Å². The molecule has 1 aliphatic heterocycles. The summed E-state index contributed by atoms with van der Waals surface area (Å²) < 4.78 is 12.7. The molecule has 0 aliphatic carbocycles. The number of hydrogen-bond donors (Lipinski definition) is 1. The second kappa shape index (κ2) is 7.14. The van der Waals surface area contributed by atoms with Crippen LogP contribution in [0, 0.1) is 0 Å². The Hall–Kier alpha value is -2.19. The second-order valence-electron chi connectivity index (χ2n) is 5.98. The lowest BCUT2D eigenvalue weighted by Crippen LogP contribution is -2.48. The third-order valence-electron chi connectivity index (χ3n) is 4.70. The highest BCUT2D eigenvalue weighted by atomic mass is 16.5. The minimum atomic E-state index is -0.447.